The van der Waals surface area contributed by atoms with Crippen molar-refractivity contribution in [2.45, 2.75) is 0 Å². The fraction of sp³-hybridized carbons (Fsp3) is 0. The SMILES string of the molecule is Nc1ncc(-c2cnc3ccccc3c2)nc1-c1nncn1-c1cccc(F)c1F. The Morgan fingerprint density at radius 2 is 1.80 bits per heavy atom. The van der Waals surface area contributed by atoms with Crippen LogP contribution in [0.15, 0.2) is 67.3 Å². The Morgan fingerprint density at radius 3 is 2.70 bits per heavy atom. The van der Waals surface area contributed by atoms with Gasteiger partial charge in [0.15, 0.2) is 29.0 Å². The van der Waals surface area contributed by atoms with E-state index in [2.05, 4.69) is 25.1 Å². The van der Waals surface area contributed by atoms with Gasteiger partial charge in [-0.1, -0.05) is 24.3 Å². The second-order valence-electron chi connectivity index (χ2n) is 6.50. The highest BCUT2D eigenvalue weighted by Crippen LogP contribution is 2.28. The predicted octanol–water partition coefficient (Wildman–Crippen LogP) is 3.80. The number of hydrogen-bond donors (Lipinski definition) is 1. The summed E-state index contributed by atoms with van der Waals surface area (Å²) in [7, 11) is 0. The summed E-state index contributed by atoms with van der Waals surface area (Å²) < 4.78 is 29.3. The van der Waals surface area contributed by atoms with Crippen LogP contribution >= 0.6 is 0 Å². The molecule has 30 heavy (non-hydrogen) atoms. The van der Waals surface area contributed by atoms with Gasteiger partial charge in [0.05, 0.1) is 23.1 Å². The first-order valence-electron chi connectivity index (χ1n) is 8.94. The Hall–Kier alpha value is -4.27. The van der Waals surface area contributed by atoms with Gasteiger partial charge in [0.2, 0.25) is 0 Å². The molecule has 0 atom stereocenters. The first-order chi connectivity index (χ1) is 14.6. The first-order valence-corrected chi connectivity index (χ1v) is 8.94. The number of hydrogen-bond acceptors (Lipinski definition) is 6. The number of anilines is 1. The average Bonchev–Trinajstić information content (AvgIpc) is 3.25. The van der Waals surface area contributed by atoms with Gasteiger partial charge in [0.1, 0.15) is 6.33 Å². The lowest BCUT2D eigenvalue weighted by molar-refractivity contribution is 0.504. The van der Waals surface area contributed by atoms with Gasteiger partial charge in [0.25, 0.3) is 0 Å². The highest BCUT2D eigenvalue weighted by atomic mass is 19.2. The molecule has 0 saturated carbocycles. The van der Waals surface area contributed by atoms with E-state index in [0.29, 0.717) is 5.69 Å². The summed E-state index contributed by atoms with van der Waals surface area (Å²) in [6.45, 7) is 0. The quantitative estimate of drug-likeness (QED) is 0.494. The molecule has 0 unspecified atom stereocenters. The summed E-state index contributed by atoms with van der Waals surface area (Å²) >= 11 is 0. The lowest BCUT2D eigenvalue weighted by atomic mass is 10.1. The molecule has 0 saturated heterocycles. The molecular formula is C21H13F2N7. The molecule has 0 aliphatic carbocycles. The number of para-hydroxylation sites is 1. The van der Waals surface area contributed by atoms with Crippen molar-refractivity contribution in [3.05, 3.63) is 78.9 Å². The largest absolute Gasteiger partial charge is 0.382 e. The second-order valence-corrected chi connectivity index (χ2v) is 6.50. The maximum Gasteiger partial charge on any atom is 0.190 e. The summed E-state index contributed by atoms with van der Waals surface area (Å²) in [6, 6.07) is 13.5. The van der Waals surface area contributed by atoms with Crippen LogP contribution in [0.2, 0.25) is 0 Å². The Balaban J connectivity index is 1.65. The van der Waals surface area contributed by atoms with Gasteiger partial charge in [0, 0.05) is 17.1 Å². The minimum Gasteiger partial charge on any atom is -0.382 e. The molecule has 0 radical (unpaired) electrons. The third kappa shape index (κ3) is 2.93. The number of nitrogens with zero attached hydrogens (tertiary/aromatic N) is 6. The molecule has 2 N–H and O–H groups in total. The van der Waals surface area contributed by atoms with Crippen LogP contribution in [0.4, 0.5) is 14.6 Å². The maximum atomic E-state index is 14.3. The molecule has 146 valence electrons. The topological polar surface area (TPSA) is 95.4 Å². The lowest BCUT2D eigenvalue weighted by Gasteiger charge is -2.10. The highest BCUT2D eigenvalue weighted by Gasteiger charge is 2.19. The van der Waals surface area contributed by atoms with Crippen LogP contribution in [0.3, 0.4) is 0 Å². The summed E-state index contributed by atoms with van der Waals surface area (Å²) in [5.41, 5.74) is 8.25. The number of aromatic nitrogens is 6. The number of nitrogens with two attached hydrogens (primary N) is 1. The fourth-order valence-electron chi connectivity index (χ4n) is 3.16. The van der Waals surface area contributed by atoms with Gasteiger partial charge in [-0.15, -0.1) is 10.2 Å². The molecule has 0 aliphatic rings. The molecule has 0 fully saturated rings. The van der Waals surface area contributed by atoms with Crippen molar-refractivity contribution in [3.63, 3.8) is 0 Å². The number of rotatable bonds is 3. The zero-order valence-electron chi connectivity index (χ0n) is 15.4. The van der Waals surface area contributed by atoms with Crippen molar-refractivity contribution in [1.29, 1.82) is 0 Å². The molecule has 0 amide bonds. The monoisotopic (exact) mass is 401 g/mol. The molecule has 3 aromatic heterocycles. The average molecular weight is 401 g/mol. The first kappa shape index (κ1) is 17.8. The summed E-state index contributed by atoms with van der Waals surface area (Å²) in [5, 5.41) is 8.77. The zero-order chi connectivity index (χ0) is 20.7. The van der Waals surface area contributed by atoms with Gasteiger partial charge in [-0.25, -0.2) is 18.7 Å². The summed E-state index contributed by atoms with van der Waals surface area (Å²) in [5.74, 6) is -1.79. The van der Waals surface area contributed by atoms with Crippen LogP contribution in [0.5, 0.6) is 0 Å². The van der Waals surface area contributed by atoms with Gasteiger partial charge in [-0.2, -0.15) is 0 Å². The molecular weight excluding hydrogens is 388 g/mol. The van der Waals surface area contributed by atoms with E-state index in [1.54, 1.807) is 6.20 Å². The van der Waals surface area contributed by atoms with Crippen molar-refractivity contribution in [2.24, 2.45) is 0 Å². The van der Waals surface area contributed by atoms with E-state index < -0.39 is 11.6 Å². The number of benzene rings is 2. The molecule has 2 aromatic carbocycles. The third-order valence-electron chi connectivity index (χ3n) is 4.64. The standard InChI is InChI=1S/C21H13F2N7/c22-14-5-3-7-17(18(14)23)30-11-27-29-21(30)19-20(24)26-10-16(28-19)13-8-12-4-1-2-6-15(12)25-9-13/h1-11H,(H2,24,26). The van der Waals surface area contributed by atoms with E-state index in [9.17, 15) is 8.78 Å². The maximum absolute atomic E-state index is 14.3. The van der Waals surface area contributed by atoms with Gasteiger partial charge in [-0.3, -0.25) is 9.55 Å². The van der Waals surface area contributed by atoms with Crippen LogP contribution in [0, 0.1) is 11.6 Å². The van der Waals surface area contributed by atoms with Crippen LogP contribution in [0.1, 0.15) is 0 Å². The van der Waals surface area contributed by atoms with Crippen molar-refractivity contribution >= 4 is 16.7 Å². The van der Waals surface area contributed by atoms with E-state index in [1.807, 2.05) is 30.3 Å². The van der Waals surface area contributed by atoms with Gasteiger partial charge in [-0.05, 0) is 24.3 Å². The molecule has 5 rings (SSSR count). The summed E-state index contributed by atoms with van der Waals surface area (Å²) in [4.78, 5) is 13.2. The number of fused-ring (bicyclic) bond motifs is 1. The Kier molecular flexibility index (Phi) is 4.13. The van der Waals surface area contributed by atoms with Crippen molar-refractivity contribution in [2.75, 3.05) is 5.73 Å². The normalized spacial score (nSPS) is 11.1. The second kappa shape index (κ2) is 6.96. The Morgan fingerprint density at radius 1 is 0.933 bits per heavy atom. The van der Waals surface area contributed by atoms with Crippen LogP contribution < -0.4 is 5.73 Å². The summed E-state index contributed by atoms with van der Waals surface area (Å²) in [6.07, 6.45) is 4.47. The van der Waals surface area contributed by atoms with E-state index in [0.717, 1.165) is 22.5 Å². The Labute approximate surface area is 168 Å². The van der Waals surface area contributed by atoms with E-state index in [4.69, 9.17) is 5.73 Å². The fourth-order valence-corrected chi connectivity index (χ4v) is 3.16. The van der Waals surface area contributed by atoms with E-state index in [-0.39, 0.29) is 23.0 Å². The van der Waals surface area contributed by atoms with Gasteiger partial charge < -0.3 is 5.73 Å². The smallest absolute Gasteiger partial charge is 0.190 e. The minimum absolute atomic E-state index is 0.0611. The number of nitrogen functional groups attached to an aromatic ring is 1. The van der Waals surface area contributed by atoms with E-state index in [1.165, 1.54) is 29.2 Å². The zero-order valence-corrected chi connectivity index (χ0v) is 15.4. The molecule has 7 nitrogen and oxygen atoms in total. The molecule has 3 heterocycles. The van der Waals surface area contributed by atoms with Crippen molar-refractivity contribution in [3.8, 4) is 28.5 Å². The van der Waals surface area contributed by atoms with Gasteiger partial charge >= 0.3 is 0 Å². The predicted molar refractivity (Wildman–Crippen MR) is 107 cm³/mol. The Bertz CT molecular complexity index is 1400. The molecule has 0 spiro atoms. The number of halogens is 2. The van der Waals surface area contributed by atoms with Crippen molar-refractivity contribution in [1.82, 2.24) is 29.7 Å². The third-order valence-corrected chi connectivity index (χ3v) is 4.64. The van der Waals surface area contributed by atoms with Crippen molar-refractivity contribution < 1.29 is 8.78 Å². The molecule has 0 bridgehead atoms. The molecule has 5 aromatic rings. The van der Waals surface area contributed by atoms with Crippen LogP contribution in [-0.4, -0.2) is 29.7 Å². The minimum atomic E-state index is -1.03. The molecule has 0 aliphatic heterocycles. The lowest BCUT2D eigenvalue weighted by Crippen LogP contribution is -2.06. The van der Waals surface area contributed by atoms with E-state index >= 15 is 0 Å². The highest BCUT2D eigenvalue weighted by molar-refractivity contribution is 5.83. The number of pyridine rings is 1. The molecule has 9 heteroatoms. The van der Waals surface area contributed by atoms with Crippen LogP contribution in [0.25, 0.3) is 39.4 Å². The van der Waals surface area contributed by atoms with Crippen LogP contribution in [-0.2, 0) is 0 Å².